The van der Waals surface area contributed by atoms with E-state index in [9.17, 15) is 9.59 Å². The summed E-state index contributed by atoms with van der Waals surface area (Å²) in [4.78, 5) is 25.9. The Morgan fingerprint density at radius 1 is 1.07 bits per heavy atom. The van der Waals surface area contributed by atoms with Gasteiger partial charge in [0.25, 0.3) is 5.91 Å². The largest absolute Gasteiger partial charge is 0.497 e. The number of Topliss-reactive ketones (excluding diaryl/α,β-unsaturated/α-hetero) is 1. The number of benzene rings is 2. The molecule has 0 saturated heterocycles. The molecule has 1 aliphatic heterocycles. The number of aromatic nitrogens is 1. The van der Waals surface area contributed by atoms with Crippen LogP contribution in [0.4, 0.5) is 0 Å². The maximum absolute atomic E-state index is 13.0. The summed E-state index contributed by atoms with van der Waals surface area (Å²) in [5.41, 5.74) is 5.11. The van der Waals surface area contributed by atoms with Gasteiger partial charge in [0, 0.05) is 30.5 Å². The zero-order chi connectivity index (χ0) is 20.7. The van der Waals surface area contributed by atoms with Gasteiger partial charge in [-0.15, -0.1) is 11.3 Å². The topological polar surface area (TPSA) is 60.3 Å². The highest BCUT2D eigenvalue weighted by Crippen LogP contribution is 2.40. The SMILES string of the molecule is COc1ccc(Cn2c3c(c4scc(-c5ccccc5)c42)C(=O)CCNC3=O)cc1. The fourth-order valence-corrected chi connectivity index (χ4v) is 5.18. The number of hydrogen-bond donors (Lipinski definition) is 1. The first-order chi connectivity index (χ1) is 14.7. The van der Waals surface area contributed by atoms with E-state index in [-0.39, 0.29) is 11.7 Å². The van der Waals surface area contributed by atoms with Gasteiger partial charge in [-0.1, -0.05) is 42.5 Å². The molecule has 5 rings (SSSR count). The lowest BCUT2D eigenvalue weighted by Gasteiger charge is -2.12. The number of methoxy groups -OCH3 is 1. The molecule has 2 aromatic heterocycles. The Kier molecular flexibility index (Phi) is 4.64. The molecule has 4 aromatic rings. The zero-order valence-electron chi connectivity index (χ0n) is 16.5. The number of rotatable bonds is 4. The van der Waals surface area contributed by atoms with Gasteiger partial charge in [-0.05, 0) is 23.3 Å². The summed E-state index contributed by atoms with van der Waals surface area (Å²) < 4.78 is 8.16. The number of hydrogen-bond acceptors (Lipinski definition) is 4. The van der Waals surface area contributed by atoms with Crippen molar-refractivity contribution in [1.82, 2.24) is 9.88 Å². The Bertz CT molecular complexity index is 1250. The minimum atomic E-state index is -0.188. The smallest absolute Gasteiger partial charge is 0.268 e. The lowest BCUT2D eigenvalue weighted by atomic mass is 10.1. The minimum absolute atomic E-state index is 0.0169. The molecule has 0 spiro atoms. The van der Waals surface area contributed by atoms with E-state index in [2.05, 4.69) is 22.8 Å². The molecule has 0 saturated carbocycles. The molecule has 0 fully saturated rings. The number of carbonyl (C=O) groups excluding carboxylic acids is 2. The second-order valence-electron chi connectivity index (χ2n) is 7.28. The van der Waals surface area contributed by atoms with Gasteiger partial charge in [-0.25, -0.2) is 0 Å². The van der Waals surface area contributed by atoms with Crippen LogP contribution in [0.2, 0.25) is 0 Å². The predicted molar refractivity (Wildman–Crippen MR) is 119 cm³/mol. The van der Waals surface area contributed by atoms with Gasteiger partial charge < -0.3 is 14.6 Å². The Labute approximate surface area is 177 Å². The van der Waals surface area contributed by atoms with E-state index in [0.29, 0.717) is 30.8 Å². The number of ether oxygens (including phenoxy) is 1. The summed E-state index contributed by atoms with van der Waals surface area (Å²) in [6.07, 6.45) is 0.318. The molecular formula is C24H20N2O3S. The first kappa shape index (κ1) is 18.6. The van der Waals surface area contributed by atoms with Crippen LogP contribution < -0.4 is 10.1 Å². The fourth-order valence-electron chi connectivity index (χ4n) is 4.04. The van der Waals surface area contributed by atoms with Crippen LogP contribution in [0, 0.1) is 0 Å². The van der Waals surface area contributed by atoms with E-state index in [1.54, 1.807) is 7.11 Å². The van der Waals surface area contributed by atoms with Crippen LogP contribution >= 0.6 is 11.3 Å². The molecule has 1 N–H and O–H groups in total. The molecule has 6 heteroatoms. The van der Waals surface area contributed by atoms with Gasteiger partial charge >= 0.3 is 0 Å². The van der Waals surface area contributed by atoms with Gasteiger partial charge in [0.05, 0.1) is 22.9 Å². The van der Waals surface area contributed by atoms with Crippen LogP contribution in [0.15, 0.2) is 60.0 Å². The van der Waals surface area contributed by atoms with Crippen LogP contribution in [-0.2, 0) is 6.54 Å². The van der Waals surface area contributed by atoms with E-state index in [1.807, 2.05) is 47.0 Å². The monoisotopic (exact) mass is 416 g/mol. The number of carbonyl (C=O) groups is 2. The number of fused-ring (bicyclic) bond motifs is 3. The Balaban J connectivity index is 1.76. The minimum Gasteiger partial charge on any atom is -0.497 e. The normalized spacial score (nSPS) is 13.8. The van der Waals surface area contributed by atoms with Gasteiger partial charge in [-0.3, -0.25) is 9.59 Å². The molecule has 30 heavy (non-hydrogen) atoms. The maximum atomic E-state index is 13.0. The first-order valence-corrected chi connectivity index (χ1v) is 10.7. The highest BCUT2D eigenvalue weighted by molar-refractivity contribution is 7.18. The van der Waals surface area contributed by atoms with Crippen molar-refractivity contribution in [2.45, 2.75) is 13.0 Å². The number of nitrogens with zero attached hydrogens (tertiary/aromatic N) is 1. The summed E-state index contributed by atoms with van der Waals surface area (Å²) in [6, 6.07) is 17.9. The molecular weight excluding hydrogens is 396 g/mol. The van der Waals surface area contributed by atoms with Crippen LogP contribution in [-0.4, -0.2) is 29.9 Å². The lowest BCUT2D eigenvalue weighted by Crippen LogP contribution is -2.25. The number of amides is 1. The Morgan fingerprint density at radius 3 is 2.57 bits per heavy atom. The summed E-state index contributed by atoms with van der Waals surface area (Å²) in [5, 5.41) is 4.97. The first-order valence-electron chi connectivity index (χ1n) is 9.81. The van der Waals surface area contributed by atoms with Gasteiger partial charge in [0.15, 0.2) is 5.78 Å². The second-order valence-corrected chi connectivity index (χ2v) is 8.16. The summed E-state index contributed by atoms with van der Waals surface area (Å²) >= 11 is 1.53. The van der Waals surface area contributed by atoms with Gasteiger partial charge in [0.2, 0.25) is 0 Å². The molecule has 1 amide bonds. The highest BCUT2D eigenvalue weighted by atomic mass is 32.1. The molecule has 0 aliphatic carbocycles. The van der Waals surface area contributed by atoms with Gasteiger partial charge in [0.1, 0.15) is 11.4 Å². The fraction of sp³-hybridized carbons (Fsp3) is 0.167. The van der Waals surface area contributed by atoms with Crippen molar-refractivity contribution < 1.29 is 14.3 Å². The van der Waals surface area contributed by atoms with Crippen molar-refractivity contribution in [3.63, 3.8) is 0 Å². The third-order valence-electron chi connectivity index (χ3n) is 5.48. The standard InChI is InChI=1S/C24H20N2O3S/c1-29-17-9-7-15(8-10-17)13-26-21-18(16-5-3-2-4-6-16)14-30-23(21)20-19(27)11-12-25-24(28)22(20)26/h2-10,14H,11-13H2,1H3,(H,25,28). The number of ketones is 1. The maximum Gasteiger partial charge on any atom is 0.268 e. The van der Waals surface area contributed by atoms with Crippen LogP contribution in [0.3, 0.4) is 0 Å². The second kappa shape index (κ2) is 7.46. The van der Waals surface area contributed by atoms with Crippen LogP contribution in [0.25, 0.3) is 21.3 Å². The Hall–Kier alpha value is -3.38. The van der Waals surface area contributed by atoms with Crippen LogP contribution in [0.1, 0.15) is 32.8 Å². The average molecular weight is 417 g/mol. The van der Waals surface area contributed by atoms with Crippen molar-refractivity contribution in [1.29, 1.82) is 0 Å². The molecule has 150 valence electrons. The Morgan fingerprint density at radius 2 is 1.83 bits per heavy atom. The van der Waals surface area contributed by atoms with Crippen molar-refractivity contribution in [3.05, 3.63) is 76.8 Å². The highest BCUT2D eigenvalue weighted by Gasteiger charge is 2.31. The summed E-state index contributed by atoms with van der Waals surface area (Å²) in [7, 11) is 1.64. The predicted octanol–water partition coefficient (Wildman–Crippen LogP) is 4.74. The van der Waals surface area contributed by atoms with E-state index in [0.717, 1.165) is 32.7 Å². The molecule has 0 atom stereocenters. The number of thiophene rings is 1. The van der Waals surface area contributed by atoms with E-state index in [4.69, 9.17) is 4.74 Å². The third-order valence-corrected chi connectivity index (χ3v) is 6.47. The van der Waals surface area contributed by atoms with Crippen molar-refractivity contribution in [3.8, 4) is 16.9 Å². The van der Waals surface area contributed by atoms with Gasteiger partial charge in [-0.2, -0.15) is 0 Å². The average Bonchev–Trinajstić information content (AvgIpc) is 3.29. The van der Waals surface area contributed by atoms with Crippen molar-refractivity contribution in [2.24, 2.45) is 0 Å². The number of nitrogens with one attached hydrogen (secondary N) is 1. The lowest BCUT2D eigenvalue weighted by molar-refractivity contribution is 0.0948. The molecule has 1 aliphatic rings. The quantitative estimate of drug-likeness (QED) is 0.523. The van der Waals surface area contributed by atoms with E-state index >= 15 is 0 Å². The molecule has 0 bridgehead atoms. The van der Waals surface area contributed by atoms with Crippen molar-refractivity contribution >= 4 is 33.2 Å². The summed E-state index contributed by atoms with van der Waals surface area (Å²) in [6.45, 7) is 0.861. The van der Waals surface area contributed by atoms with Crippen LogP contribution in [0.5, 0.6) is 5.75 Å². The molecule has 3 heterocycles. The molecule has 5 nitrogen and oxygen atoms in total. The van der Waals surface area contributed by atoms with Crippen molar-refractivity contribution in [2.75, 3.05) is 13.7 Å². The van der Waals surface area contributed by atoms with E-state index < -0.39 is 0 Å². The molecule has 2 aromatic carbocycles. The zero-order valence-corrected chi connectivity index (χ0v) is 17.3. The van der Waals surface area contributed by atoms with E-state index in [1.165, 1.54) is 11.3 Å². The molecule has 0 radical (unpaired) electrons. The molecule has 0 unspecified atom stereocenters. The third kappa shape index (κ3) is 3.00. The summed E-state index contributed by atoms with van der Waals surface area (Å²) in [5.74, 6) is 0.610.